The molecule has 31 heavy (non-hydrogen) atoms. The summed E-state index contributed by atoms with van der Waals surface area (Å²) in [5, 5.41) is 14.2. The molecule has 0 aromatic carbocycles. The Hall–Kier alpha value is -2.47. The molecule has 0 spiro atoms. The number of nitrogens with one attached hydrogen (secondary N) is 1. The third-order valence-corrected chi connectivity index (χ3v) is 6.70. The van der Waals surface area contributed by atoms with Gasteiger partial charge in [-0.05, 0) is 63.3 Å². The van der Waals surface area contributed by atoms with Crippen molar-refractivity contribution in [1.29, 1.82) is 0 Å². The number of pyridine rings is 2. The van der Waals surface area contributed by atoms with E-state index in [0.717, 1.165) is 79.9 Å². The van der Waals surface area contributed by atoms with Crippen LogP contribution in [0.5, 0.6) is 0 Å². The molecular formula is C25H34N4O2. The number of piperidine rings is 1. The number of nitrogens with zero attached hydrogens (tertiary/aromatic N) is 3. The predicted octanol–water partition coefficient (Wildman–Crippen LogP) is 4.63. The van der Waals surface area contributed by atoms with Gasteiger partial charge in [-0.25, -0.2) is 4.98 Å². The SMILES string of the molecule is Cc1cc(Nc2ncccc2C)cc([C@@H]2CCCN(C(=O)CC3(O)CCCCC3)C2)n1. The molecule has 1 saturated carbocycles. The van der Waals surface area contributed by atoms with Crippen LogP contribution in [0.25, 0.3) is 0 Å². The van der Waals surface area contributed by atoms with Crippen LogP contribution in [0.15, 0.2) is 30.5 Å². The zero-order chi connectivity index (χ0) is 21.8. The molecule has 6 heteroatoms. The number of aryl methyl sites for hydroxylation is 2. The van der Waals surface area contributed by atoms with Crippen molar-refractivity contribution in [2.45, 2.75) is 76.7 Å². The number of aromatic nitrogens is 2. The summed E-state index contributed by atoms with van der Waals surface area (Å²) >= 11 is 0. The molecule has 2 aromatic rings. The van der Waals surface area contributed by atoms with Crippen molar-refractivity contribution in [2.24, 2.45) is 0 Å². The summed E-state index contributed by atoms with van der Waals surface area (Å²) in [5.74, 6) is 1.15. The van der Waals surface area contributed by atoms with E-state index in [0.29, 0.717) is 6.54 Å². The number of carbonyl (C=O) groups excluding carboxylic acids is 1. The highest BCUT2D eigenvalue weighted by atomic mass is 16.3. The van der Waals surface area contributed by atoms with E-state index < -0.39 is 5.60 Å². The first kappa shape index (κ1) is 21.8. The minimum absolute atomic E-state index is 0.0872. The number of rotatable bonds is 5. The fourth-order valence-electron chi connectivity index (χ4n) is 4.95. The lowest BCUT2D eigenvalue weighted by molar-refractivity contribution is -0.139. The molecular weight excluding hydrogens is 388 g/mol. The maximum Gasteiger partial charge on any atom is 0.225 e. The average Bonchev–Trinajstić information content (AvgIpc) is 2.75. The average molecular weight is 423 g/mol. The monoisotopic (exact) mass is 422 g/mol. The molecule has 2 N–H and O–H groups in total. The first-order valence-electron chi connectivity index (χ1n) is 11.6. The van der Waals surface area contributed by atoms with Gasteiger partial charge in [0.1, 0.15) is 5.82 Å². The van der Waals surface area contributed by atoms with E-state index in [-0.39, 0.29) is 18.2 Å². The molecule has 1 atom stereocenters. The number of hydrogen-bond acceptors (Lipinski definition) is 5. The van der Waals surface area contributed by atoms with Crippen molar-refractivity contribution in [3.8, 4) is 0 Å². The van der Waals surface area contributed by atoms with Crippen LogP contribution in [0.2, 0.25) is 0 Å². The molecule has 1 amide bonds. The Bertz CT molecular complexity index is 923. The highest BCUT2D eigenvalue weighted by Crippen LogP contribution is 2.33. The molecule has 0 unspecified atom stereocenters. The standard InChI is InChI=1S/C25H34N4O2/c1-18-8-6-12-26-24(18)28-21-14-19(2)27-22(15-21)20-9-7-13-29(17-20)23(30)16-25(31)10-4-3-5-11-25/h6,8,12,14-15,20,31H,3-5,7,9-11,13,16-17H2,1-2H3,(H,26,27,28)/t20-/m1/s1. The normalized spacial score (nSPS) is 21.0. The van der Waals surface area contributed by atoms with Gasteiger partial charge in [-0.2, -0.15) is 0 Å². The van der Waals surface area contributed by atoms with E-state index in [1.807, 2.05) is 36.9 Å². The van der Waals surface area contributed by atoms with Crippen molar-refractivity contribution in [3.05, 3.63) is 47.4 Å². The summed E-state index contributed by atoms with van der Waals surface area (Å²) in [6.07, 6.45) is 8.72. The van der Waals surface area contributed by atoms with Crippen molar-refractivity contribution in [2.75, 3.05) is 18.4 Å². The lowest BCUT2D eigenvalue weighted by Crippen LogP contribution is -2.44. The zero-order valence-electron chi connectivity index (χ0n) is 18.7. The molecule has 2 aromatic heterocycles. The minimum atomic E-state index is -0.804. The van der Waals surface area contributed by atoms with Crippen LogP contribution in [0.4, 0.5) is 11.5 Å². The second-order valence-corrected chi connectivity index (χ2v) is 9.36. The lowest BCUT2D eigenvalue weighted by atomic mass is 9.82. The summed E-state index contributed by atoms with van der Waals surface area (Å²) in [5.41, 5.74) is 3.23. The number of amides is 1. The smallest absolute Gasteiger partial charge is 0.225 e. The van der Waals surface area contributed by atoms with Crippen molar-refractivity contribution >= 4 is 17.4 Å². The number of anilines is 2. The Balaban J connectivity index is 1.46. The second-order valence-electron chi connectivity index (χ2n) is 9.36. The Kier molecular flexibility index (Phi) is 6.56. The Morgan fingerprint density at radius 1 is 1.23 bits per heavy atom. The highest BCUT2D eigenvalue weighted by Gasteiger charge is 2.35. The summed E-state index contributed by atoms with van der Waals surface area (Å²) in [7, 11) is 0. The largest absolute Gasteiger partial charge is 0.389 e. The first-order valence-corrected chi connectivity index (χ1v) is 11.6. The molecule has 0 radical (unpaired) electrons. The lowest BCUT2D eigenvalue weighted by Gasteiger charge is -2.37. The van der Waals surface area contributed by atoms with Crippen LogP contribution >= 0.6 is 0 Å². The molecule has 2 fully saturated rings. The Labute approximate surface area is 185 Å². The highest BCUT2D eigenvalue weighted by molar-refractivity contribution is 5.77. The van der Waals surface area contributed by atoms with Gasteiger partial charge < -0.3 is 15.3 Å². The maximum atomic E-state index is 13.0. The van der Waals surface area contributed by atoms with Crippen LogP contribution < -0.4 is 5.32 Å². The van der Waals surface area contributed by atoms with Crippen LogP contribution in [0.1, 0.15) is 74.2 Å². The van der Waals surface area contributed by atoms with Crippen molar-refractivity contribution < 1.29 is 9.90 Å². The number of carbonyl (C=O) groups is 1. The molecule has 4 rings (SSSR count). The van der Waals surface area contributed by atoms with E-state index >= 15 is 0 Å². The third kappa shape index (κ3) is 5.42. The van der Waals surface area contributed by atoms with Gasteiger partial charge in [-0.15, -0.1) is 0 Å². The zero-order valence-corrected chi connectivity index (χ0v) is 18.7. The molecule has 0 bridgehead atoms. The van der Waals surface area contributed by atoms with E-state index in [2.05, 4.69) is 16.4 Å². The topological polar surface area (TPSA) is 78.4 Å². The minimum Gasteiger partial charge on any atom is -0.389 e. The van der Waals surface area contributed by atoms with Crippen LogP contribution in [0.3, 0.4) is 0 Å². The Morgan fingerprint density at radius 2 is 2.03 bits per heavy atom. The van der Waals surface area contributed by atoms with Crippen LogP contribution in [-0.4, -0.2) is 44.6 Å². The van der Waals surface area contributed by atoms with Gasteiger partial charge in [0.25, 0.3) is 0 Å². The fourth-order valence-corrected chi connectivity index (χ4v) is 4.95. The summed E-state index contributed by atoms with van der Waals surface area (Å²) in [6.45, 7) is 5.49. The number of likely N-dealkylation sites (tertiary alicyclic amines) is 1. The number of hydrogen-bond donors (Lipinski definition) is 2. The van der Waals surface area contributed by atoms with E-state index in [1.54, 1.807) is 6.20 Å². The quantitative estimate of drug-likeness (QED) is 0.735. The molecule has 6 nitrogen and oxygen atoms in total. The Morgan fingerprint density at radius 3 is 2.81 bits per heavy atom. The van der Waals surface area contributed by atoms with Gasteiger partial charge in [-0.1, -0.05) is 25.3 Å². The van der Waals surface area contributed by atoms with E-state index in [1.165, 1.54) is 0 Å². The van der Waals surface area contributed by atoms with Gasteiger partial charge in [-0.3, -0.25) is 9.78 Å². The van der Waals surface area contributed by atoms with E-state index in [9.17, 15) is 9.90 Å². The van der Waals surface area contributed by atoms with Crippen molar-refractivity contribution in [3.63, 3.8) is 0 Å². The van der Waals surface area contributed by atoms with Gasteiger partial charge >= 0.3 is 0 Å². The van der Waals surface area contributed by atoms with Gasteiger partial charge in [0.15, 0.2) is 0 Å². The van der Waals surface area contributed by atoms with Crippen molar-refractivity contribution in [1.82, 2.24) is 14.9 Å². The van der Waals surface area contributed by atoms with E-state index in [4.69, 9.17) is 4.98 Å². The number of aliphatic hydroxyl groups is 1. The first-order chi connectivity index (χ1) is 14.9. The second kappa shape index (κ2) is 9.35. The molecule has 166 valence electrons. The van der Waals surface area contributed by atoms with Gasteiger partial charge in [0.05, 0.1) is 12.0 Å². The summed E-state index contributed by atoms with van der Waals surface area (Å²) in [6, 6.07) is 8.09. The summed E-state index contributed by atoms with van der Waals surface area (Å²) in [4.78, 5) is 24.2. The third-order valence-electron chi connectivity index (χ3n) is 6.70. The predicted molar refractivity (Wildman–Crippen MR) is 122 cm³/mol. The molecule has 1 aliphatic heterocycles. The fraction of sp³-hybridized carbons (Fsp3) is 0.560. The molecule has 2 aliphatic rings. The summed E-state index contributed by atoms with van der Waals surface area (Å²) < 4.78 is 0. The maximum absolute atomic E-state index is 13.0. The van der Waals surface area contributed by atoms with Crippen LogP contribution in [-0.2, 0) is 4.79 Å². The van der Waals surface area contributed by atoms with Gasteiger partial charge in [0.2, 0.25) is 5.91 Å². The van der Waals surface area contributed by atoms with Gasteiger partial charge in [0, 0.05) is 42.3 Å². The molecule has 1 aliphatic carbocycles. The molecule has 1 saturated heterocycles. The molecule has 3 heterocycles. The van der Waals surface area contributed by atoms with Crippen LogP contribution in [0, 0.1) is 13.8 Å².